The Labute approximate surface area is 127 Å². The smallest absolute Gasteiger partial charge is 0.347 e. The second-order valence-electron chi connectivity index (χ2n) is 4.87. The van der Waals surface area contributed by atoms with Gasteiger partial charge in [0, 0.05) is 12.0 Å². The maximum atomic E-state index is 11.9. The fourth-order valence-corrected chi connectivity index (χ4v) is 2.54. The molecule has 2 aromatic carbocycles. The van der Waals surface area contributed by atoms with E-state index in [0.29, 0.717) is 23.3 Å². The van der Waals surface area contributed by atoms with E-state index >= 15 is 0 Å². The largest absolute Gasteiger partial charge is 0.497 e. The van der Waals surface area contributed by atoms with Gasteiger partial charge in [-0.2, -0.15) is 0 Å². The molecule has 0 bridgehead atoms. The molecule has 0 fully saturated rings. The molecule has 0 saturated heterocycles. The van der Waals surface area contributed by atoms with Gasteiger partial charge in [-0.25, -0.2) is 9.59 Å². The highest BCUT2D eigenvalue weighted by Crippen LogP contribution is 2.32. The number of carbonyl (C=O) groups excluding carboxylic acids is 2. The van der Waals surface area contributed by atoms with Crippen molar-refractivity contribution in [3.63, 3.8) is 0 Å². The number of benzene rings is 2. The Morgan fingerprint density at radius 1 is 0.909 bits per heavy atom. The molecule has 5 heteroatoms. The number of esters is 2. The van der Waals surface area contributed by atoms with E-state index in [-0.39, 0.29) is 5.56 Å². The van der Waals surface area contributed by atoms with E-state index < -0.39 is 11.9 Å². The molecule has 0 N–H and O–H groups in total. The van der Waals surface area contributed by atoms with Crippen molar-refractivity contribution in [2.24, 2.45) is 0 Å². The van der Waals surface area contributed by atoms with E-state index in [0.717, 1.165) is 11.3 Å². The molecule has 0 aliphatic carbocycles. The summed E-state index contributed by atoms with van der Waals surface area (Å²) in [4.78, 5) is 23.6. The first-order valence-electron chi connectivity index (χ1n) is 6.73. The molecule has 0 spiro atoms. The Balaban J connectivity index is 2.05. The summed E-state index contributed by atoms with van der Waals surface area (Å²) in [6.07, 6.45) is 0.457. The maximum absolute atomic E-state index is 11.9. The monoisotopic (exact) mass is 298 g/mol. The summed E-state index contributed by atoms with van der Waals surface area (Å²) in [5.41, 5.74) is 2.20. The van der Waals surface area contributed by atoms with Crippen LogP contribution in [0.1, 0.15) is 31.8 Å². The van der Waals surface area contributed by atoms with Gasteiger partial charge < -0.3 is 14.2 Å². The lowest BCUT2D eigenvalue weighted by Crippen LogP contribution is -2.04. The standard InChI is InChI=1S/C17H14O5/c1-20-11-5-3-10(4-6-11)9-13-14(21-2)8-7-12-15(13)17(19)22-16(12)18/h3-8H,9H2,1-2H3. The molecule has 1 aliphatic rings. The van der Waals surface area contributed by atoms with Crippen LogP contribution in [0, 0.1) is 0 Å². The number of methoxy groups -OCH3 is 2. The first-order valence-corrected chi connectivity index (χ1v) is 6.73. The first kappa shape index (κ1) is 14.1. The van der Waals surface area contributed by atoms with Gasteiger partial charge in [0.1, 0.15) is 11.5 Å². The van der Waals surface area contributed by atoms with Crippen LogP contribution in [0.4, 0.5) is 0 Å². The third-order valence-corrected chi connectivity index (χ3v) is 3.64. The zero-order chi connectivity index (χ0) is 15.7. The Bertz CT molecular complexity index is 746. The molecule has 0 aromatic heterocycles. The predicted molar refractivity (Wildman–Crippen MR) is 78.5 cm³/mol. The van der Waals surface area contributed by atoms with Crippen LogP contribution in [0.3, 0.4) is 0 Å². The molecule has 0 saturated carbocycles. The molecular weight excluding hydrogens is 284 g/mol. The predicted octanol–water partition coefficient (Wildman–Crippen LogP) is 2.61. The quantitative estimate of drug-likeness (QED) is 0.641. The molecule has 1 heterocycles. The van der Waals surface area contributed by atoms with Gasteiger partial charge in [0.2, 0.25) is 0 Å². The summed E-state index contributed by atoms with van der Waals surface area (Å²) >= 11 is 0. The average molecular weight is 298 g/mol. The van der Waals surface area contributed by atoms with Crippen LogP contribution in [0.2, 0.25) is 0 Å². The lowest BCUT2D eigenvalue weighted by atomic mass is 9.95. The van der Waals surface area contributed by atoms with Crippen molar-refractivity contribution in [3.05, 3.63) is 58.7 Å². The zero-order valence-electron chi connectivity index (χ0n) is 12.2. The minimum absolute atomic E-state index is 0.286. The van der Waals surface area contributed by atoms with Crippen molar-refractivity contribution >= 4 is 11.9 Å². The van der Waals surface area contributed by atoms with Crippen LogP contribution in [-0.4, -0.2) is 26.2 Å². The van der Waals surface area contributed by atoms with Crippen molar-refractivity contribution in [1.29, 1.82) is 0 Å². The molecule has 112 valence electrons. The highest BCUT2D eigenvalue weighted by Gasteiger charge is 2.33. The topological polar surface area (TPSA) is 61.8 Å². The first-order chi connectivity index (χ1) is 10.6. The number of hydrogen-bond acceptors (Lipinski definition) is 5. The van der Waals surface area contributed by atoms with Gasteiger partial charge in [-0.1, -0.05) is 12.1 Å². The Kier molecular flexibility index (Phi) is 3.55. The number of fused-ring (bicyclic) bond motifs is 1. The van der Waals surface area contributed by atoms with Crippen LogP contribution < -0.4 is 9.47 Å². The maximum Gasteiger partial charge on any atom is 0.347 e. The van der Waals surface area contributed by atoms with Crippen LogP contribution >= 0.6 is 0 Å². The second-order valence-corrected chi connectivity index (χ2v) is 4.87. The highest BCUT2D eigenvalue weighted by atomic mass is 16.6. The van der Waals surface area contributed by atoms with Crippen molar-refractivity contribution in [3.8, 4) is 11.5 Å². The molecular formula is C17H14O5. The summed E-state index contributed by atoms with van der Waals surface area (Å²) in [6, 6.07) is 10.7. The lowest BCUT2D eigenvalue weighted by Gasteiger charge is -2.11. The molecule has 2 aromatic rings. The van der Waals surface area contributed by atoms with Gasteiger partial charge in [-0.05, 0) is 29.8 Å². The number of ether oxygens (including phenoxy) is 3. The summed E-state index contributed by atoms with van der Waals surface area (Å²) in [5.74, 6) is 0.0749. The number of carbonyl (C=O) groups is 2. The second kappa shape index (κ2) is 5.52. The van der Waals surface area contributed by atoms with Crippen molar-refractivity contribution in [2.45, 2.75) is 6.42 Å². The molecule has 0 radical (unpaired) electrons. The van der Waals surface area contributed by atoms with Gasteiger partial charge >= 0.3 is 11.9 Å². The third kappa shape index (κ3) is 2.30. The highest BCUT2D eigenvalue weighted by molar-refractivity contribution is 6.15. The molecule has 1 aliphatic heterocycles. The van der Waals surface area contributed by atoms with Gasteiger partial charge in [-0.15, -0.1) is 0 Å². The summed E-state index contributed by atoms with van der Waals surface area (Å²) in [7, 11) is 3.13. The van der Waals surface area contributed by atoms with E-state index in [2.05, 4.69) is 0 Å². The molecule has 0 amide bonds. The van der Waals surface area contributed by atoms with Gasteiger partial charge in [-0.3, -0.25) is 0 Å². The Morgan fingerprint density at radius 2 is 1.64 bits per heavy atom. The number of rotatable bonds is 4. The van der Waals surface area contributed by atoms with Crippen LogP contribution in [0.5, 0.6) is 11.5 Å². The molecule has 5 nitrogen and oxygen atoms in total. The Hall–Kier alpha value is -2.82. The Morgan fingerprint density at radius 3 is 2.27 bits per heavy atom. The van der Waals surface area contributed by atoms with Crippen LogP contribution in [0.15, 0.2) is 36.4 Å². The lowest BCUT2D eigenvalue weighted by molar-refractivity contribution is 0.0443. The van der Waals surface area contributed by atoms with E-state index in [1.807, 2.05) is 24.3 Å². The van der Waals surface area contributed by atoms with E-state index in [1.165, 1.54) is 7.11 Å². The van der Waals surface area contributed by atoms with Crippen molar-refractivity contribution < 1.29 is 23.8 Å². The summed E-state index contributed by atoms with van der Waals surface area (Å²) < 4.78 is 15.1. The molecule has 3 rings (SSSR count). The van der Waals surface area contributed by atoms with Gasteiger partial charge in [0.25, 0.3) is 0 Å². The average Bonchev–Trinajstić information content (AvgIpc) is 2.83. The minimum atomic E-state index is -0.623. The van der Waals surface area contributed by atoms with Crippen LogP contribution in [-0.2, 0) is 11.2 Å². The van der Waals surface area contributed by atoms with E-state index in [1.54, 1.807) is 19.2 Å². The van der Waals surface area contributed by atoms with Crippen molar-refractivity contribution in [1.82, 2.24) is 0 Å². The van der Waals surface area contributed by atoms with Gasteiger partial charge in [0.05, 0.1) is 25.3 Å². The number of hydrogen-bond donors (Lipinski definition) is 0. The van der Waals surface area contributed by atoms with E-state index in [4.69, 9.17) is 14.2 Å². The minimum Gasteiger partial charge on any atom is -0.497 e. The summed E-state index contributed by atoms with van der Waals surface area (Å²) in [6.45, 7) is 0. The normalized spacial score (nSPS) is 12.8. The van der Waals surface area contributed by atoms with E-state index in [9.17, 15) is 9.59 Å². The van der Waals surface area contributed by atoms with Crippen LogP contribution in [0.25, 0.3) is 0 Å². The molecule has 22 heavy (non-hydrogen) atoms. The third-order valence-electron chi connectivity index (χ3n) is 3.64. The molecule has 0 atom stereocenters. The van der Waals surface area contributed by atoms with Crippen molar-refractivity contribution in [2.75, 3.05) is 14.2 Å². The molecule has 0 unspecified atom stereocenters. The number of cyclic esters (lactones) is 2. The summed E-state index contributed by atoms with van der Waals surface area (Å²) in [5, 5.41) is 0. The fourth-order valence-electron chi connectivity index (χ4n) is 2.54. The zero-order valence-corrected chi connectivity index (χ0v) is 12.2. The van der Waals surface area contributed by atoms with Gasteiger partial charge in [0.15, 0.2) is 0 Å². The fraction of sp³-hybridized carbons (Fsp3) is 0.176. The SMILES string of the molecule is COc1ccc(Cc2c(OC)ccc3c2C(=O)OC3=O)cc1.